The molecule has 0 radical (unpaired) electrons. The van der Waals surface area contributed by atoms with Gasteiger partial charge < -0.3 is 20.3 Å². The number of ether oxygens (including phenoxy) is 1. The molecule has 148 valence electrons. The number of carbonyl (C=O) groups excluding carboxylic acids is 2. The number of nitrogens with one attached hydrogen (secondary N) is 1. The second-order valence-corrected chi connectivity index (χ2v) is 6.72. The minimum absolute atomic E-state index is 0.133. The van der Waals surface area contributed by atoms with E-state index in [-0.39, 0.29) is 19.0 Å². The van der Waals surface area contributed by atoms with Crippen molar-refractivity contribution >= 4 is 29.4 Å². The number of benzene rings is 2. The van der Waals surface area contributed by atoms with E-state index in [0.717, 1.165) is 5.56 Å². The van der Waals surface area contributed by atoms with Gasteiger partial charge in [-0.1, -0.05) is 47.1 Å². The van der Waals surface area contributed by atoms with Crippen molar-refractivity contribution in [3.8, 4) is 22.8 Å². The van der Waals surface area contributed by atoms with Crippen LogP contribution < -0.4 is 16.0 Å². The number of nitrogens with zero attached hydrogens (tertiary/aromatic N) is 3. The fourth-order valence-electron chi connectivity index (χ4n) is 2.94. The van der Waals surface area contributed by atoms with Crippen molar-refractivity contribution in [1.82, 2.24) is 15.5 Å². The van der Waals surface area contributed by atoms with Gasteiger partial charge in [0.25, 0.3) is 5.89 Å². The maximum absolute atomic E-state index is 12.1. The van der Waals surface area contributed by atoms with E-state index in [0.29, 0.717) is 22.1 Å². The third-order valence-corrected chi connectivity index (χ3v) is 4.64. The number of anilines is 1. The summed E-state index contributed by atoms with van der Waals surface area (Å²) in [4.78, 5) is 28.8. The van der Waals surface area contributed by atoms with Crippen molar-refractivity contribution in [2.45, 2.75) is 6.10 Å². The molecule has 0 aliphatic carbocycles. The van der Waals surface area contributed by atoms with Crippen LogP contribution in [0.1, 0.15) is 0 Å². The van der Waals surface area contributed by atoms with Crippen LogP contribution in [-0.4, -0.2) is 41.5 Å². The van der Waals surface area contributed by atoms with E-state index in [1.807, 2.05) is 30.3 Å². The summed E-state index contributed by atoms with van der Waals surface area (Å²) in [5, 5.41) is 6.75. The predicted molar refractivity (Wildman–Crippen MR) is 105 cm³/mol. The Morgan fingerprint density at radius 3 is 2.79 bits per heavy atom. The third kappa shape index (κ3) is 3.99. The molecular weight excluding hydrogens is 398 g/mol. The summed E-state index contributed by atoms with van der Waals surface area (Å²) in [6, 6.07) is 13.8. The molecule has 3 amide bonds. The van der Waals surface area contributed by atoms with Crippen LogP contribution in [-0.2, 0) is 4.74 Å². The molecule has 10 heteroatoms. The number of nitrogens with two attached hydrogens (primary N) is 1. The highest BCUT2D eigenvalue weighted by atomic mass is 35.5. The Morgan fingerprint density at radius 2 is 2.07 bits per heavy atom. The first-order chi connectivity index (χ1) is 14.0. The number of hydrogen-bond donors (Lipinski definition) is 2. The molecule has 1 atom stereocenters. The van der Waals surface area contributed by atoms with Gasteiger partial charge in [-0.2, -0.15) is 4.98 Å². The lowest BCUT2D eigenvalue weighted by Gasteiger charge is -2.14. The minimum atomic E-state index is -0.679. The number of halogens is 1. The number of hydrogen-bond acceptors (Lipinski definition) is 6. The highest BCUT2D eigenvalue weighted by molar-refractivity contribution is 6.33. The normalized spacial score (nSPS) is 16.0. The summed E-state index contributed by atoms with van der Waals surface area (Å²) in [5.41, 5.74) is 6.96. The van der Waals surface area contributed by atoms with Gasteiger partial charge in [-0.3, -0.25) is 4.90 Å². The molecule has 2 heterocycles. The summed E-state index contributed by atoms with van der Waals surface area (Å²) >= 11 is 6.40. The molecule has 9 nitrogen and oxygen atoms in total. The fourth-order valence-corrected chi connectivity index (χ4v) is 3.19. The lowest BCUT2D eigenvalue weighted by Crippen LogP contribution is -2.37. The van der Waals surface area contributed by atoms with Gasteiger partial charge in [0.2, 0.25) is 5.82 Å². The van der Waals surface area contributed by atoms with Crippen molar-refractivity contribution in [1.29, 1.82) is 0 Å². The first-order valence-electron chi connectivity index (χ1n) is 8.72. The van der Waals surface area contributed by atoms with E-state index >= 15 is 0 Å². The summed E-state index contributed by atoms with van der Waals surface area (Å²) < 4.78 is 10.6. The Bertz CT molecular complexity index is 1060. The van der Waals surface area contributed by atoms with Gasteiger partial charge in [0.1, 0.15) is 6.10 Å². The average molecular weight is 414 g/mol. The zero-order chi connectivity index (χ0) is 20.4. The van der Waals surface area contributed by atoms with Crippen LogP contribution in [0.2, 0.25) is 5.02 Å². The molecular formula is C19H16ClN5O4. The van der Waals surface area contributed by atoms with E-state index in [4.69, 9.17) is 26.6 Å². The molecule has 1 aliphatic rings. The van der Waals surface area contributed by atoms with Gasteiger partial charge in [0.15, 0.2) is 0 Å². The molecule has 1 saturated heterocycles. The first-order valence-corrected chi connectivity index (χ1v) is 9.09. The van der Waals surface area contributed by atoms with Crippen molar-refractivity contribution in [3.05, 3.63) is 53.6 Å². The van der Waals surface area contributed by atoms with Crippen LogP contribution in [0.15, 0.2) is 53.1 Å². The van der Waals surface area contributed by atoms with Gasteiger partial charge in [-0.25, -0.2) is 9.59 Å². The number of urea groups is 1. The van der Waals surface area contributed by atoms with E-state index in [1.54, 1.807) is 18.2 Å². The number of amides is 3. The first kappa shape index (κ1) is 18.8. The average Bonchev–Trinajstić information content (AvgIpc) is 3.34. The van der Waals surface area contributed by atoms with Gasteiger partial charge in [-0.05, 0) is 18.2 Å². The topological polar surface area (TPSA) is 124 Å². The van der Waals surface area contributed by atoms with E-state index < -0.39 is 18.2 Å². The Hall–Kier alpha value is -3.59. The molecule has 0 spiro atoms. The quantitative estimate of drug-likeness (QED) is 0.662. The van der Waals surface area contributed by atoms with Gasteiger partial charge in [0, 0.05) is 11.3 Å². The van der Waals surface area contributed by atoms with Crippen LogP contribution in [0.5, 0.6) is 0 Å². The van der Waals surface area contributed by atoms with Crippen molar-refractivity contribution in [2.24, 2.45) is 5.73 Å². The molecule has 1 fully saturated rings. The van der Waals surface area contributed by atoms with Gasteiger partial charge in [-0.15, -0.1) is 0 Å². The highest BCUT2D eigenvalue weighted by Gasteiger charge is 2.32. The predicted octanol–water partition coefficient (Wildman–Crippen LogP) is 3.05. The second kappa shape index (κ2) is 7.80. The van der Waals surface area contributed by atoms with E-state index in [9.17, 15) is 9.59 Å². The Morgan fingerprint density at radius 1 is 1.28 bits per heavy atom. The highest BCUT2D eigenvalue weighted by Crippen LogP contribution is 2.33. The summed E-state index contributed by atoms with van der Waals surface area (Å²) in [7, 11) is 0. The third-order valence-electron chi connectivity index (χ3n) is 4.33. The molecule has 1 aromatic heterocycles. The molecule has 2 aromatic carbocycles. The second-order valence-electron chi connectivity index (χ2n) is 6.31. The van der Waals surface area contributed by atoms with Gasteiger partial charge >= 0.3 is 12.1 Å². The molecule has 1 unspecified atom stereocenters. The lowest BCUT2D eigenvalue weighted by molar-refractivity contribution is 0.141. The Kier molecular flexibility index (Phi) is 5.05. The molecule has 3 aromatic rings. The minimum Gasteiger partial charge on any atom is -0.442 e. The summed E-state index contributed by atoms with van der Waals surface area (Å²) in [6.07, 6.45) is -1.04. The number of primary amides is 1. The zero-order valence-corrected chi connectivity index (χ0v) is 15.8. The Labute approximate surface area is 170 Å². The number of rotatable bonds is 5. The van der Waals surface area contributed by atoms with Crippen LogP contribution >= 0.6 is 11.6 Å². The standard InChI is InChI=1S/C19H16ClN5O4/c20-15-8-12(25-10-13(28-19(25)27)9-22-18(21)26)6-7-14(15)17-23-16(24-29-17)11-4-2-1-3-5-11/h1-8,13H,9-10H2,(H3,21,22,26). The maximum atomic E-state index is 12.1. The van der Waals surface area contributed by atoms with Crippen LogP contribution in [0.25, 0.3) is 22.8 Å². The SMILES string of the molecule is NC(=O)NCC1CN(c2ccc(-c3nc(-c4ccccc4)no3)c(Cl)c2)C(=O)O1. The van der Waals surface area contributed by atoms with Crippen LogP contribution in [0.3, 0.4) is 0 Å². The Balaban J connectivity index is 1.52. The van der Waals surface area contributed by atoms with E-state index in [1.165, 1.54) is 4.90 Å². The number of aromatic nitrogens is 2. The zero-order valence-electron chi connectivity index (χ0n) is 15.0. The number of cyclic esters (lactones) is 1. The van der Waals surface area contributed by atoms with Crippen molar-refractivity contribution in [2.75, 3.05) is 18.0 Å². The van der Waals surface area contributed by atoms with Crippen LogP contribution in [0, 0.1) is 0 Å². The molecule has 4 rings (SSSR count). The fraction of sp³-hybridized carbons (Fsp3) is 0.158. The molecule has 0 saturated carbocycles. The molecule has 0 bridgehead atoms. The summed E-state index contributed by atoms with van der Waals surface area (Å²) in [5.74, 6) is 0.724. The summed E-state index contributed by atoms with van der Waals surface area (Å²) in [6.45, 7) is 0.390. The lowest BCUT2D eigenvalue weighted by atomic mass is 10.2. The van der Waals surface area contributed by atoms with Crippen LogP contribution in [0.4, 0.5) is 15.3 Å². The smallest absolute Gasteiger partial charge is 0.414 e. The monoisotopic (exact) mass is 413 g/mol. The largest absolute Gasteiger partial charge is 0.442 e. The van der Waals surface area contributed by atoms with E-state index in [2.05, 4.69) is 15.5 Å². The molecule has 3 N–H and O–H groups in total. The molecule has 1 aliphatic heterocycles. The number of carbonyl (C=O) groups is 2. The van der Waals surface area contributed by atoms with Gasteiger partial charge in [0.05, 0.1) is 23.7 Å². The van der Waals surface area contributed by atoms with Crippen molar-refractivity contribution < 1.29 is 18.8 Å². The van der Waals surface area contributed by atoms with Crippen molar-refractivity contribution in [3.63, 3.8) is 0 Å². The molecule has 29 heavy (non-hydrogen) atoms. The maximum Gasteiger partial charge on any atom is 0.414 e.